The molecule has 0 atom stereocenters. The highest BCUT2D eigenvalue weighted by atomic mass is 35.5. The smallest absolute Gasteiger partial charge is 0.251 e. The van der Waals surface area contributed by atoms with E-state index < -0.39 is 10.0 Å². The standard InChI is InChI=1S/C17H26ClN3O4S/c1-3-21(26(2,24)25)13-5-12-19-16(22)6-4-11-20-17(23)14-7-9-15(18)10-8-14/h7-10H,3-6,11-13H2,1-2H3,(H,19,22)(H,20,23). The lowest BCUT2D eigenvalue weighted by Crippen LogP contribution is -2.33. The van der Waals surface area contributed by atoms with Crippen LogP contribution >= 0.6 is 11.6 Å². The monoisotopic (exact) mass is 403 g/mol. The van der Waals surface area contributed by atoms with Crippen LogP contribution in [0.1, 0.15) is 36.5 Å². The van der Waals surface area contributed by atoms with Crippen molar-refractivity contribution in [2.24, 2.45) is 0 Å². The Labute approximate surface area is 160 Å². The molecule has 7 nitrogen and oxygen atoms in total. The Balaban J connectivity index is 2.15. The molecule has 0 aromatic heterocycles. The van der Waals surface area contributed by atoms with E-state index in [0.29, 0.717) is 56.0 Å². The number of nitrogens with one attached hydrogen (secondary N) is 2. The Morgan fingerprint density at radius 2 is 1.69 bits per heavy atom. The van der Waals surface area contributed by atoms with E-state index in [4.69, 9.17) is 11.6 Å². The molecule has 0 spiro atoms. The average Bonchev–Trinajstić information content (AvgIpc) is 2.58. The molecule has 0 aliphatic heterocycles. The summed E-state index contributed by atoms with van der Waals surface area (Å²) in [6.07, 6.45) is 2.55. The van der Waals surface area contributed by atoms with Gasteiger partial charge in [0.05, 0.1) is 6.26 Å². The van der Waals surface area contributed by atoms with E-state index in [2.05, 4.69) is 10.6 Å². The molecule has 146 valence electrons. The van der Waals surface area contributed by atoms with Crippen LogP contribution in [0.3, 0.4) is 0 Å². The second-order valence-corrected chi connectivity index (χ2v) is 8.24. The van der Waals surface area contributed by atoms with Gasteiger partial charge in [-0.05, 0) is 37.1 Å². The summed E-state index contributed by atoms with van der Waals surface area (Å²) in [5.74, 6) is -0.323. The first-order chi connectivity index (χ1) is 12.2. The number of hydrogen-bond donors (Lipinski definition) is 2. The van der Waals surface area contributed by atoms with Crippen LogP contribution in [0.5, 0.6) is 0 Å². The van der Waals surface area contributed by atoms with Crippen LogP contribution in [0.2, 0.25) is 5.02 Å². The molecular formula is C17H26ClN3O4S. The molecule has 2 N–H and O–H groups in total. The summed E-state index contributed by atoms with van der Waals surface area (Å²) in [5.41, 5.74) is 0.519. The zero-order chi connectivity index (χ0) is 19.6. The first-order valence-corrected chi connectivity index (χ1v) is 10.7. The van der Waals surface area contributed by atoms with Crippen molar-refractivity contribution < 1.29 is 18.0 Å². The molecule has 26 heavy (non-hydrogen) atoms. The van der Waals surface area contributed by atoms with Gasteiger partial charge < -0.3 is 10.6 Å². The topological polar surface area (TPSA) is 95.6 Å². The van der Waals surface area contributed by atoms with Gasteiger partial charge in [0, 0.05) is 43.2 Å². The van der Waals surface area contributed by atoms with Crippen molar-refractivity contribution >= 4 is 33.4 Å². The summed E-state index contributed by atoms with van der Waals surface area (Å²) in [7, 11) is -3.19. The number of rotatable bonds is 11. The molecule has 0 fully saturated rings. The first-order valence-electron chi connectivity index (χ1n) is 8.49. The summed E-state index contributed by atoms with van der Waals surface area (Å²) >= 11 is 5.77. The fourth-order valence-corrected chi connectivity index (χ4v) is 3.34. The van der Waals surface area contributed by atoms with Crippen molar-refractivity contribution in [3.8, 4) is 0 Å². The minimum atomic E-state index is -3.19. The van der Waals surface area contributed by atoms with Crippen LogP contribution in [0, 0.1) is 0 Å². The van der Waals surface area contributed by atoms with Crippen LogP contribution in [-0.2, 0) is 14.8 Å². The highest BCUT2D eigenvalue weighted by Gasteiger charge is 2.13. The quantitative estimate of drug-likeness (QED) is 0.549. The van der Waals surface area contributed by atoms with Gasteiger partial charge in [-0.1, -0.05) is 18.5 Å². The number of sulfonamides is 1. The van der Waals surface area contributed by atoms with Crippen molar-refractivity contribution in [3.05, 3.63) is 34.9 Å². The van der Waals surface area contributed by atoms with Gasteiger partial charge in [-0.25, -0.2) is 12.7 Å². The van der Waals surface area contributed by atoms with Crippen LogP contribution in [0.4, 0.5) is 0 Å². The summed E-state index contributed by atoms with van der Waals surface area (Å²) < 4.78 is 24.2. The summed E-state index contributed by atoms with van der Waals surface area (Å²) in [5, 5.41) is 6.06. The van der Waals surface area contributed by atoms with Gasteiger partial charge >= 0.3 is 0 Å². The molecule has 1 aromatic carbocycles. The fraction of sp³-hybridized carbons (Fsp3) is 0.529. The Hall–Kier alpha value is -1.64. The van der Waals surface area contributed by atoms with Gasteiger partial charge in [0.25, 0.3) is 5.91 Å². The summed E-state index contributed by atoms with van der Waals surface area (Å²) in [6.45, 7) is 3.39. The van der Waals surface area contributed by atoms with Crippen LogP contribution in [-0.4, -0.2) is 57.0 Å². The Morgan fingerprint density at radius 3 is 2.27 bits per heavy atom. The van der Waals surface area contributed by atoms with Crippen molar-refractivity contribution in [3.63, 3.8) is 0 Å². The Kier molecular flexibility index (Phi) is 9.61. The van der Waals surface area contributed by atoms with Gasteiger partial charge in [0.15, 0.2) is 0 Å². The highest BCUT2D eigenvalue weighted by molar-refractivity contribution is 7.88. The molecule has 2 amide bonds. The second kappa shape index (κ2) is 11.2. The van der Waals surface area contributed by atoms with Gasteiger partial charge in [0.1, 0.15) is 0 Å². The molecule has 0 unspecified atom stereocenters. The zero-order valence-electron chi connectivity index (χ0n) is 15.1. The minimum absolute atomic E-state index is 0.117. The summed E-state index contributed by atoms with van der Waals surface area (Å²) in [6, 6.07) is 6.57. The molecular weight excluding hydrogens is 378 g/mol. The van der Waals surface area contributed by atoms with E-state index in [0.717, 1.165) is 0 Å². The number of nitrogens with zero attached hydrogens (tertiary/aromatic N) is 1. The van der Waals surface area contributed by atoms with Gasteiger partial charge in [-0.2, -0.15) is 0 Å². The number of carbonyl (C=O) groups excluding carboxylic acids is 2. The highest BCUT2D eigenvalue weighted by Crippen LogP contribution is 2.09. The molecule has 0 saturated heterocycles. The maximum Gasteiger partial charge on any atom is 0.251 e. The Morgan fingerprint density at radius 1 is 1.08 bits per heavy atom. The second-order valence-electron chi connectivity index (χ2n) is 5.82. The zero-order valence-corrected chi connectivity index (χ0v) is 16.7. The minimum Gasteiger partial charge on any atom is -0.356 e. The number of halogens is 1. The van der Waals surface area contributed by atoms with E-state index >= 15 is 0 Å². The predicted octanol–water partition coefficient (Wildman–Crippen LogP) is 1.64. The normalized spacial score (nSPS) is 11.4. The van der Waals surface area contributed by atoms with Crippen LogP contribution < -0.4 is 10.6 Å². The van der Waals surface area contributed by atoms with Crippen molar-refractivity contribution in [2.75, 3.05) is 32.4 Å². The Bertz CT molecular complexity index is 692. The number of benzene rings is 1. The largest absolute Gasteiger partial charge is 0.356 e. The molecule has 0 bridgehead atoms. The van der Waals surface area contributed by atoms with E-state index in [1.165, 1.54) is 10.6 Å². The van der Waals surface area contributed by atoms with Gasteiger partial charge in [-0.15, -0.1) is 0 Å². The summed E-state index contributed by atoms with van der Waals surface area (Å²) in [4.78, 5) is 23.6. The lowest BCUT2D eigenvalue weighted by atomic mass is 10.2. The molecule has 0 saturated carbocycles. The van der Waals surface area contributed by atoms with Crippen molar-refractivity contribution in [2.45, 2.75) is 26.2 Å². The van der Waals surface area contributed by atoms with E-state index in [1.807, 2.05) is 0 Å². The molecule has 1 rings (SSSR count). The predicted molar refractivity (Wildman–Crippen MR) is 103 cm³/mol. The van der Waals surface area contributed by atoms with E-state index in [-0.39, 0.29) is 11.8 Å². The third kappa shape index (κ3) is 8.64. The molecule has 9 heteroatoms. The van der Waals surface area contributed by atoms with Crippen LogP contribution in [0.15, 0.2) is 24.3 Å². The number of hydrogen-bond acceptors (Lipinski definition) is 4. The number of amides is 2. The third-order valence-electron chi connectivity index (χ3n) is 3.70. The molecule has 0 aliphatic rings. The molecule has 0 aliphatic carbocycles. The lowest BCUT2D eigenvalue weighted by Gasteiger charge is -2.17. The fourth-order valence-electron chi connectivity index (χ4n) is 2.28. The van der Waals surface area contributed by atoms with Crippen molar-refractivity contribution in [1.82, 2.24) is 14.9 Å². The van der Waals surface area contributed by atoms with Crippen LogP contribution in [0.25, 0.3) is 0 Å². The maximum absolute atomic E-state index is 11.9. The molecule has 0 heterocycles. The lowest BCUT2D eigenvalue weighted by molar-refractivity contribution is -0.121. The molecule has 1 aromatic rings. The van der Waals surface area contributed by atoms with E-state index in [9.17, 15) is 18.0 Å². The van der Waals surface area contributed by atoms with Gasteiger partial charge in [-0.3, -0.25) is 9.59 Å². The van der Waals surface area contributed by atoms with Crippen molar-refractivity contribution in [1.29, 1.82) is 0 Å². The average molecular weight is 404 g/mol. The number of carbonyl (C=O) groups is 2. The first kappa shape index (κ1) is 22.4. The molecule has 0 radical (unpaired) electrons. The third-order valence-corrected chi connectivity index (χ3v) is 5.33. The van der Waals surface area contributed by atoms with Gasteiger partial charge in [0.2, 0.25) is 15.9 Å². The van der Waals surface area contributed by atoms with E-state index in [1.54, 1.807) is 31.2 Å². The maximum atomic E-state index is 11.9. The SMILES string of the molecule is CCN(CCCNC(=O)CCCNC(=O)c1ccc(Cl)cc1)S(C)(=O)=O.